The standard InChI is InChI=1S/C12H26O2.BH3O3/c1-2-3-4-5-6-7-8-9-10-12(14)11-13;2-1(3)4/h12-14H,2-11H2,1H3;2-4H. The van der Waals surface area contributed by atoms with Gasteiger partial charge >= 0.3 is 7.32 Å². The fraction of sp³-hybridized carbons (Fsp3) is 1.00. The predicted octanol–water partition coefficient (Wildman–Crippen LogP) is 0.819. The largest absolute Gasteiger partial charge is 0.631 e. The Bertz CT molecular complexity index is 144. The molecule has 0 saturated heterocycles. The first-order chi connectivity index (χ1) is 8.54. The molecule has 0 rings (SSSR count). The maximum Gasteiger partial charge on any atom is 0.631 e. The van der Waals surface area contributed by atoms with E-state index in [9.17, 15) is 0 Å². The van der Waals surface area contributed by atoms with Crippen LogP contribution < -0.4 is 0 Å². The van der Waals surface area contributed by atoms with Gasteiger partial charge in [-0.1, -0.05) is 58.3 Å². The van der Waals surface area contributed by atoms with Gasteiger partial charge in [-0.2, -0.15) is 0 Å². The topological polar surface area (TPSA) is 101 Å². The molecule has 5 N–H and O–H groups in total. The molecule has 0 heterocycles. The minimum absolute atomic E-state index is 0.0868. The zero-order valence-corrected chi connectivity index (χ0v) is 11.5. The van der Waals surface area contributed by atoms with Crippen molar-refractivity contribution < 1.29 is 25.3 Å². The van der Waals surface area contributed by atoms with Crippen molar-refractivity contribution >= 4 is 7.32 Å². The van der Waals surface area contributed by atoms with Gasteiger partial charge in [0.2, 0.25) is 0 Å². The van der Waals surface area contributed by atoms with E-state index in [1.807, 2.05) is 0 Å². The summed E-state index contributed by atoms with van der Waals surface area (Å²) in [6.45, 7) is 2.15. The average molecular weight is 264 g/mol. The lowest BCUT2D eigenvalue weighted by Crippen LogP contribution is -2.10. The summed E-state index contributed by atoms with van der Waals surface area (Å²) >= 11 is 0. The van der Waals surface area contributed by atoms with Crippen LogP contribution in [0, 0.1) is 0 Å². The van der Waals surface area contributed by atoms with Gasteiger partial charge in [-0.25, -0.2) is 0 Å². The first-order valence-electron chi connectivity index (χ1n) is 6.87. The van der Waals surface area contributed by atoms with Crippen molar-refractivity contribution in [2.45, 2.75) is 70.8 Å². The lowest BCUT2D eigenvalue weighted by molar-refractivity contribution is 0.0860. The molecule has 5 nitrogen and oxygen atoms in total. The Hall–Kier alpha value is -0.135. The third kappa shape index (κ3) is 24.9. The fourth-order valence-corrected chi connectivity index (χ4v) is 1.61. The minimum atomic E-state index is -2.17. The monoisotopic (exact) mass is 264 g/mol. The van der Waals surface area contributed by atoms with Crippen LogP contribution in [0.1, 0.15) is 64.7 Å². The summed E-state index contributed by atoms with van der Waals surface area (Å²) in [6.07, 6.45) is 10.5. The quantitative estimate of drug-likeness (QED) is 0.297. The second-order valence-corrected chi connectivity index (χ2v) is 4.45. The molecule has 0 aliphatic carbocycles. The van der Waals surface area contributed by atoms with Gasteiger partial charge in [0.15, 0.2) is 0 Å². The number of aliphatic hydroxyl groups is 2. The molecule has 0 bridgehead atoms. The van der Waals surface area contributed by atoms with Crippen molar-refractivity contribution in [2.75, 3.05) is 6.61 Å². The fourth-order valence-electron chi connectivity index (χ4n) is 1.61. The van der Waals surface area contributed by atoms with E-state index in [0.29, 0.717) is 0 Å². The van der Waals surface area contributed by atoms with Crippen molar-refractivity contribution in [1.82, 2.24) is 0 Å². The minimum Gasteiger partial charge on any atom is -0.402 e. The van der Waals surface area contributed by atoms with E-state index in [4.69, 9.17) is 25.3 Å². The summed E-state index contributed by atoms with van der Waals surface area (Å²) in [4.78, 5) is 0. The second kappa shape index (κ2) is 16.9. The second-order valence-electron chi connectivity index (χ2n) is 4.45. The van der Waals surface area contributed by atoms with E-state index in [-0.39, 0.29) is 6.61 Å². The van der Waals surface area contributed by atoms with Gasteiger partial charge < -0.3 is 25.3 Å². The molecule has 0 aromatic heterocycles. The summed E-state index contributed by atoms with van der Waals surface area (Å²) in [7, 11) is -2.17. The van der Waals surface area contributed by atoms with Gasteiger partial charge in [0.1, 0.15) is 0 Å². The van der Waals surface area contributed by atoms with Crippen LogP contribution in [0.25, 0.3) is 0 Å². The van der Waals surface area contributed by atoms with Crippen molar-refractivity contribution in [3.8, 4) is 0 Å². The molecule has 0 aromatic rings. The molecular weight excluding hydrogens is 235 g/mol. The van der Waals surface area contributed by atoms with Crippen LogP contribution in [0.15, 0.2) is 0 Å². The van der Waals surface area contributed by atoms with Crippen molar-refractivity contribution in [1.29, 1.82) is 0 Å². The Labute approximate surface area is 111 Å². The van der Waals surface area contributed by atoms with Crippen LogP contribution in [-0.4, -0.2) is 45.3 Å². The predicted molar refractivity (Wildman–Crippen MR) is 72.7 cm³/mol. The molecule has 110 valence electrons. The molecule has 0 radical (unpaired) electrons. The van der Waals surface area contributed by atoms with E-state index < -0.39 is 13.4 Å². The SMILES string of the molecule is CCCCCCCCCCC(O)CO.OB(O)O. The highest BCUT2D eigenvalue weighted by Gasteiger charge is 2.00. The first kappa shape index (κ1) is 20.2. The van der Waals surface area contributed by atoms with Gasteiger partial charge in [-0.05, 0) is 6.42 Å². The third-order valence-corrected chi connectivity index (χ3v) is 2.60. The normalized spacial score (nSPS) is 11.7. The molecule has 0 aliphatic rings. The van der Waals surface area contributed by atoms with Gasteiger partial charge in [-0.15, -0.1) is 0 Å². The maximum absolute atomic E-state index is 9.08. The van der Waals surface area contributed by atoms with Gasteiger partial charge in [0.25, 0.3) is 0 Å². The van der Waals surface area contributed by atoms with E-state index in [1.165, 1.54) is 44.9 Å². The molecule has 1 unspecified atom stereocenters. The number of hydrogen-bond donors (Lipinski definition) is 5. The Morgan fingerprint density at radius 1 is 0.833 bits per heavy atom. The molecule has 0 saturated carbocycles. The summed E-state index contributed by atoms with van der Waals surface area (Å²) in [6, 6.07) is 0. The molecule has 0 aromatic carbocycles. The molecule has 18 heavy (non-hydrogen) atoms. The number of aliphatic hydroxyl groups excluding tert-OH is 2. The Morgan fingerprint density at radius 3 is 1.61 bits per heavy atom. The van der Waals surface area contributed by atoms with Crippen LogP contribution in [0.4, 0.5) is 0 Å². The van der Waals surface area contributed by atoms with Gasteiger partial charge in [0.05, 0.1) is 12.7 Å². The summed E-state index contributed by atoms with van der Waals surface area (Å²) < 4.78 is 0. The van der Waals surface area contributed by atoms with E-state index in [2.05, 4.69) is 6.92 Å². The zero-order chi connectivity index (χ0) is 14.2. The molecule has 1 atom stereocenters. The van der Waals surface area contributed by atoms with Crippen molar-refractivity contribution in [2.24, 2.45) is 0 Å². The van der Waals surface area contributed by atoms with E-state index >= 15 is 0 Å². The molecule has 0 fully saturated rings. The van der Waals surface area contributed by atoms with E-state index in [0.717, 1.165) is 12.8 Å². The van der Waals surface area contributed by atoms with Crippen molar-refractivity contribution in [3.05, 3.63) is 0 Å². The Kier molecular flexibility index (Phi) is 18.9. The molecular formula is C12H29BO5. The number of rotatable bonds is 10. The third-order valence-electron chi connectivity index (χ3n) is 2.60. The van der Waals surface area contributed by atoms with Gasteiger partial charge in [0, 0.05) is 0 Å². The number of unbranched alkanes of at least 4 members (excludes halogenated alkanes) is 7. The average Bonchev–Trinajstić information content (AvgIpc) is 2.31. The number of hydrogen-bond acceptors (Lipinski definition) is 5. The highest BCUT2D eigenvalue weighted by molar-refractivity contribution is 6.30. The highest BCUT2D eigenvalue weighted by Crippen LogP contribution is 2.10. The first-order valence-corrected chi connectivity index (χ1v) is 6.87. The molecule has 6 heteroatoms. The lowest BCUT2D eigenvalue weighted by atomic mass is 10.1. The van der Waals surface area contributed by atoms with Gasteiger partial charge in [-0.3, -0.25) is 0 Å². The highest BCUT2D eigenvalue weighted by atomic mass is 16.5. The summed E-state index contributed by atoms with van der Waals surface area (Å²) in [5, 5.41) is 39.2. The smallest absolute Gasteiger partial charge is 0.402 e. The lowest BCUT2D eigenvalue weighted by Gasteiger charge is -2.06. The van der Waals surface area contributed by atoms with Crippen LogP contribution in [0.2, 0.25) is 0 Å². The Morgan fingerprint density at radius 2 is 1.22 bits per heavy atom. The summed E-state index contributed by atoms with van der Waals surface area (Å²) in [5.74, 6) is 0. The Balaban J connectivity index is 0. The summed E-state index contributed by atoms with van der Waals surface area (Å²) in [5.41, 5.74) is 0. The molecule has 0 spiro atoms. The molecule has 0 aliphatic heterocycles. The maximum atomic E-state index is 9.08. The van der Waals surface area contributed by atoms with Crippen molar-refractivity contribution in [3.63, 3.8) is 0 Å². The van der Waals surface area contributed by atoms with Crippen LogP contribution >= 0.6 is 0 Å². The van der Waals surface area contributed by atoms with Crippen LogP contribution in [0.3, 0.4) is 0 Å². The zero-order valence-electron chi connectivity index (χ0n) is 11.5. The van der Waals surface area contributed by atoms with E-state index in [1.54, 1.807) is 0 Å². The molecule has 0 amide bonds. The van der Waals surface area contributed by atoms with Crippen LogP contribution in [0.5, 0.6) is 0 Å². The van der Waals surface area contributed by atoms with Crippen LogP contribution in [-0.2, 0) is 0 Å².